The van der Waals surface area contributed by atoms with Crippen LogP contribution in [-0.2, 0) is 11.0 Å². The van der Waals surface area contributed by atoms with E-state index >= 15 is 0 Å². The van der Waals surface area contributed by atoms with Gasteiger partial charge in [0.15, 0.2) is 0 Å². The maximum absolute atomic E-state index is 12.9. The first-order chi connectivity index (χ1) is 8.25. The molecule has 1 rings (SSSR count). The minimum absolute atomic E-state index is 0. The van der Waals surface area contributed by atoms with Gasteiger partial charge in [-0.3, -0.25) is 0 Å². The molecule has 1 aromatic carbocycles. The number of carboxylic acid groups (broad SMARTS) is 1. The van der Waals surface area contributed by atoms with Gasteiger partial charge in [-0.15, -0.1) is 0 Å². The van der Waals surface area contributed by atoms with Gasteiger partial charge in [0, 0.05) is 0 Å². The van der Waals surface area contributed by atoms with Crippen molar-refractivity contribution < 1.29 is 61.8 Å². The van der Waals surface area contributed by atoms with Crippen molar-refractivity contribution in [3.63, 3.8) is 0 Å². The molecule has 0 bridgehead atoms. The van der Waals surface area contributed by atoms with Crippen LogP contribution in [0.25, 0.3) is 0 Å². The van der Waals surface area contributed by atoms with E-state index in [4.69, 9.17) is 4.74 Å². The molecule has 0 spiro atoms. The number of carboxylic acids is 1. The Balaban J connectivity index is 0.00000324. The zero-order chi connectivity index (χ0) is 13.9. The van der Waals surface area contributed by atoms with Gasteiger partial charge in [0.1, 0.15) is 17.7 Å². The van der Waals surface area contributed by atoms with E-state index in [1.807, 2.05) is 0 Å². The van der Waals surface area contributed by atoms with Gasteiger partial charge in [0.2, 0.25) is 0 Å². The minimum Gasteiger partial charge on any atom is -0.546 e. The molecule has 0 aliphatic carbocycles. The molecule has 0 heterocycles. The molecule has 0 aromatic heterocycles. The summed E-state index contributed by atoms with van der Waals surface area (Å²) >= 11 is 0. The zero-order valence-corrected chi connectivity index (χ0v) is 12.3. The summed E-state index contributed by atoms with van der Waals surface area (Å²) in [6, 6.07) is 1.91. The second-order valence-electron chi connectivity index (χ2n) is 3.47. The Morgan fingerprint density at radius 1 is 1.42 bits per heavy atom. The van der Waals surface area contributed by atoms with Gasteiger partial charge < -0.3 is 14.6 Å². The van der Waals surface area contributed by atoms with Crippen LogP contribution in [0.4, 0.5) is 17.6 Å². The second kappa shape index (κ2) is 7.12. The zero-order valence-electron chi connectivity index (χ0n) is 10.3. The van der Waals surface area contributed by atoms with Crippen LogP contribution in [0, 0.1) is 5.82 Å². The van der Waals surface area contributed by atoms with E-state index in [2.05, 4.69) is 0 Å². The summed E-state index contributed by atoms with van der Waals surface area (Å²) in [6.07, 6.45) is -6.23. The van der Waals surface area contributed by atoms with Crippen molar-refractivity contribution in [1.82, 2.24) is 0 Å². The molecule has 0 unspecified atom stereocenters. The summed E-state index contributed by atoms with van der Waals surface area (Å²) in [5.74, 6) is -3.37. The molecule has 0 saturated carbocycles. The quantitative estimate of drug-likeness (QED) is 0.514. The molecule has 1 atom stereocenters. The Hall–Kier alpha value is -0.790. The van der Waals surface area contributed by atoms with Gasteiger partial charge in [0.25, 0.3) is 0 Å². The van der Waals surface area contributed by atoms with Crippen LogP contribution in [0.2, 0.25) is 0 Å². The Labute approximate surface area is 128 Å². The molecule has 3 nitrogen and oxygen atoms in total. The largest absolute Gasteiger partial charge is 1.00 e. The van der Waals surface area contributed by atoms with E-state index in [-0.39, 0.29) is 41.7 Å². The van der Waals surface area contributed by atoms with E-state index in [0.29, 0.717) is 12.1 Å². The third-order valence-electron chi connectivity index (χ3n) is 2.16. The molecule has 8 heteroatoms. The number of carbonyl (C=O) groups excluding carboxylic acids is 1. The third kappa shape index (κ3) is 5.00. The van der Waals surface area contributed by atoms with Crippen molar-refractivity contribution in [3.8, 4) is 5.75 Å². The summed E-state index contributed by atoms with van der Waals surface area (Å²) < 4.78 is 54.9. The number of hydrogen-bond acceptors (Lipinski definition) is 3. The average Bonchev–Trinajstić information content (AvgIpc) is 2.25. The van der Waals surface area contributed by atoms with Gasteiger partial charge in [-0.05, 0) is 24.6 Å². The monoisotopic (exact) mass is 288 g/mol. The number of aliphatic carboxylic acids is 1. The van der Waals surface area contributed by atoms with Crippen molar-refractivity contribution in [3.05, 3.63) is 29.6 Å². The molecule has 1 aromatic rings. The van der Waals surface area contributed by atoms with Crippen molar-refractivity contribution in [1.29, 1.82) is 0 Å². The fourth-order valence-corrected chi connectivity index (χ4v) is 1.26. The first-order valence-corrected chi connectivity index (χ1v) is 5.00. The summed E-state index contributed by atoms with van der Waals surface area (Å²) in [4.78, 5) is 10.6. The van der Waals surface area contributed by atoms with Crippen molar-refractivity contribution in [2.45, 2.75) is 25.6 Å². The topological polar surface area (TPSA) is 49.4 Å². The Morgan fingerprint density at radius 2 is 2.00 bits per heavy atom. The number of carbonyl (C=O) groups is 1. The average molecular weight is 288 g/mol. The molecule has 0 radical (unpaired) electrons. The van der Waals surface area contributed by atoms with Crippen molar-refractivity contribution in [2.24, 2.45) is 0 Å². The Morgan fingerprint density at radius 3 is 2.42 bits per heavy atom. The maximum atomic E-state index is 12.9. The van der Waals surface area contributed by atoms with Gasteiger partial charge in [-0.25, -0.2) is 4.39 Å². The standard InChI is InChI=1S/C11H10F4O3.Na/c1-2-9(10(16)17)18-6-3-4-8(12)7(5-6)11(13,14)15;/h3-5,9H,2H2,1H3,(H,16,17);/q;+1/p-1/t9-;/m0./s1. The molecule has 0 fully saturated rings. The number of benzene rings is 1. The number of hydrogen-bond donors (Lipinski definition) is 0. The normalized spacial score (nSPS) is 12.5. The molecular weight excluding hydrogens is 279 g/mol. The summed E-state index contributed by atoms with van der Waals surface area (Å²) in [6.45, 7) is 1.47. The summed E-state index contributed by atoms with van der Waals surface area (Å²) in [5.41, 5.74) is -1.51. The molecule has 0 N–H and O–H groups in total. The van der Waals surface area contributed by atoms with Crippen LogP contribution in [-0.4, -0.2) is 12.1 Å². The summed E-state index contributed by atoms with van der Waals surface area (Å²) in [7, 11) is 0. The second-order valence-corrected chi connectivity index (χ2v) is 3.47. The molecular formula is C11H9F4NaO3. The number of alkyl halides is 3. The summed E-state index contributed by atoms with van der Waals surface area (Å²) in [5, 5.41) is 10.6. The molecule has 0 amide bonds. The molecule has 100 valence electrons. The van der Waals surface area contributed by atoms with E-state index in [1.54, 1.807) is 0 Å². The molecule has 0 aliphatic heterocycles. The van der Waals surface area contributed by atoms with Crippen LogP contribution in [0.3, 0.4) is 0 Å². The Kier molecular flexibility index (Phi) is 6.82. The van der Waals surface area contributed by atoms with Gasteiger partial charge >= 0.3 is 35.7 Å². The van der Waals surface area contributed by atoms with Crippen molar-refractivity contribution >= 4 is 5.97 Å². The van der Waals surface area contributed by atoms with Crippen LogP contribution >= 0.6 is 0 Å². The first kappa shape index (κ1) is 18.2. The van der Waals surface area contributed by atoms with Crippen LogP contribution in [0.1, 0.15) is 18.9 Å². The molecule has 19 heavy (non-hydrogen) atoms. The SMILES string of the molecule is CC[C@H](Oc1ccc(F)c(C(F)(F)F)c1)C(=O)[O-].[Na+]. The maximum Gasteiger partial charge on any atom is 1.00 e. The fourth-order valence-electron chi connectivity index (χ4n) is 1.26. The van der Waals surface area contributed by atoms with E-state index in [9.17, 15) is 27.5 Å². The predicted octanol–water partition coefficient (Wildman–Crippen LogP) is -1.24. The van der Waals surface area contributed by atoms with E-state index in [1.165, 1.54) is 6.92 Å². The third-order valence-corrected chi connectivity index (χ3v) is 2.16. The predicted molar refractivity (Wildman–Crippen MR) is 51.1 cm³/mol. The van der Waals surface area contributed by atoms with Crippen molar-refractivity contribution in [2.75, 3.05) is 0 Å². The fraction of sp³-hybridized carbons (Fsp3) is 0.364. The van der Waals surface area contributed by atoms with Gasteiger partial charge in [-0.2, -0.15) is 13.2 Å². The molecule has 0 aliphatic rings. The van der Waals surface area contributed by atoms with Crippen LogP contribution in [0.15, 0.2) is 18.2 Å². The first-order valence-electron chi connectivity index (χ1n) is 5.00. The van der Waals surface area contributed by atoms with E-state index in [0.717, 1.165) is 6.07 Å². The number of halogens is 4. The van der Waals surface area contributed by atoms with Gasteiger partial charge in [-0.1, -0.05) is 6.92 Å². The Bertz CT molecular complexity index is 448. The minimum atomic E-state index is -4.87. The van der Waals surface area contributed by atoms with Crippen LogP contribution < -0.4 is 39.4 Å². The number of ether oxygens (including phenoxy) is 1. The van der Waals surface area contributed by atoms with E-state index < -0.39 is 29.6 Å². The van der Waals surface area contributed by atoms with Crippen LogP contribution in [0.5, 0.6) is 5.75 Å². The number of rotatable bonds is 4. The van der Waals surface area contributed by atoms with Gasteiger partial charge in [0.05, 0.1) is 11.5 Å². The molecule has 0 saturated heterocycles. The smallest absolute Gasteiger partial charge is 0.546 e.